The molecule has 0 aliphatic rings. The van der Waals surface area contributed by atoms with E-state index in [1.54, 1.807) is 0 Å². The molecule has 0 aromatic heterocycles. The van der Waals surface area contributed by atoms with Crippen molar-refractivity contribution in [1.82, 2.24) is 5.32 Å². The van der Waals surface area contributed by atoms with Gasteiger partial charge in [-0.3, -0.25) is 0 Å². The normalized spacial score (nSPS) is 15.7. The van der Waals surface area contributed by atoms with Crippen LogP contribution in [0.25, 0.3) is 0 Å². The van der Waals surface area contributed by atoms with Crippen LogP contribution < -0.4 is 5.32 Å². The van der Waals surface area contributed by atoms with E-state index in [0.717, 1.165) is 11.2 Å². The molecule has 0 rings (SSSR count). The van der Waals surface area contributed by atoms with E-state index in [0.29, 0.717) is 6.04 Å². The lowest BCUT2D eigenvalue weighted by atomic mass is 10.1. The Labute approximate surface area is 91.8 Å². The van der Waals surface area contributed by atoms with Gasteiger partial charge in [0.25, 0.3) is 0 Å². The molecule has 0 amide bonds. The van der Waals surface area contributed by atoms with E-state index in [-0.39, 0.29) is 0 Å². The lowest BCUT2D eigenvalue weighted by molar-refractivity contribution is 0.413. The molecular weight excluding hydrogens is 226 g/mol. The molecule has 0 radical (unpaired) electrons. The second-order valence-electron chi connectivity index (χ2n) is 3.88. The Bertz CT molecular complexity index is 106. The summed E-state index contributed by atoms with van der Waals surface area (Å²) in [5, 5.41) is 4.74. The Morgan fingerprint density at radius 3 is 2.38 bits per heavy atom. The van der Waals surface area contributed by atoms with Crippen LogP contribution in [-0.4, -0.2) is 17.9 Å². The molecule has 0 aromatic carbocycles. The van der Waals surface area contributed by atoms with Gasteiger partial charge < -0.3 is 5.32 Å². The smallest absolute Gasteiger partial charge is 0.00725 e. The standard InChI is InChI=1S/C11H24BrN/c1-4-6-10(3)9-13-11(5-2)7-8-12/h10-11,13H,4-9H2,1-3H3. The average Bonchev–Trinajstić information content (AvgIpc) is 2.12. The van der Waals surface area contributed by atoms with E-state index in [2.05, 4.69) is 42.0 Å². The molecule has 0 aliphatic carbocycles. The minimum absolute atomic E-state index is 0.707. The monoisotopic (exact) mass is 249 g/mol. The molecule has 2 atom stereocenters. The first kappa shape index (κ1) is 13.4. The van der Waals surface area contributed by atoms with Gasteiger partial charge in [0.05, 0.1) is 0 Å². The summed E-state index contributed by atoms with van der Waals surface area (Å²) in [6.07, 6.45) is 5.13. The molecule has 0 bridgehead atoms. The summed E-state index contributed by atoms with van der Waals surface area (Å²) in [4.78, 5) is 0. The van der Waals surface area contributed by atoms with Crippen LogP contribution in [0.15, 0.2) is 0 Å². The van der Waals surface area contributed by atoms with Crippen LogP contribution in [0.1, 0.15) is 46.5 Å². The maximum Gasteiger partial charge on any atom is 0.00725 e. The van der Waals surface area contributed by atoms with Crippen molar-refractivity contribution in [2.75, 3.05) is 11.9 Å². The first-order valence-electron chi connectivity index (χ1n) is 5.53. The Kier molecular flexibility index (Phi) is 9.32. The number of nitrogens with one attached hydrogen (secondary N) is 1. The summed E-state index contributed by atoms with van der Waals surface area (Å²) in [7, 11) is 0. The third-order valence-electron chi connectivity index (χ3n) is 2.49. The van der Waals surface area contributed by atoms with Gasteiger partial charge in [-0.25, -0.2) is 0 Å². The molecule has 0 heterocycles. The highest BCUT2D eigenvalue weighted by atomic mass is 79.9. The minimum atomic E-state index is 0.707. The van der Waals surface area contributed by atoms with Crippen LogP contribution in [0.3, 0.4) is 0 Å². The first-order valence-corrected chi connectivity index (χ1v) is 6.66. The predicted molar refractivity (Wildman–Crippen MR) is 64.6 cm³/mol. The SMILES string of the molecule is CCCC(C)CNC(CC)CCBr. The van der Waals surface area contributed by atoms with Gasteiger partial charge in [0.2, 0.25) is 0 Å². The zero-order chi connectivity index (χ0) is 10.1. The zero-order valence-corrected chi connectivity index (χ0v) is 10.9. The number of hydrogen-bond acceptors (Lipinski definition) is 1. The van der Waals surface area contributed by atoms with Gasteiger partial charge in [0, 0.05) is 11.4 Å². The van der Waals surface area contributed by atoms with E-state index < -0.39 is 0 Å². The number of rotatable bonds is 8. The van der Waals surface area contributed by atoms with Crippen LogP contribution in [-0.2, 0) is 0 Å². The highest BCUT2D eigenvalue weighted by Crippen LogP contribution is 2.06. The number of alkyl halides is 1. The van der Waals surface area contributed by atoms with Gasteiger partial charge in [-0.1, -0.05) is 43.1 Å². The van der Waals surface area contributed by atoms with Crippen LogP contribution >= 0.6 is 15.9 Å². The van der Waals surface area contributed by atoms with Gasteiger partial charge in [-0.15, -0.1) is 0 Å². The lowest BCUT2D eigenvalue weighted by Gasteiger charge is -2.18. The van der Waals surface area contributed by atoms with Crippen molar-refractivity contribution in [3.8, 4) is 0 Å². The summed E-state index contributed by atoms with van der Waals surface area (Å²) >= 11 is 3.49. The summed E-state index contributed by atoms with van der Waals surface area (Å²) in [5.74, 6) is 0.828. The van der Waals surface area contributed by atoms with Gasteiger partial charge in [-0.05, 0) is 31.7 Å². The van der Waals surface area contributed by atoms with E-state index in [9.17, 15) is 0 Å². The van der Waals surface area contributed by atoms with Crippen molar-refractivity contribution in [3.63, 3.8) is 0 Å². The Hall–Kier alpha value is 0.440. The summed E-state index contributed by atoms with van der Waals surface area (Å²) < 4.78 is 0. The minimum Gasteiger partial charge on any atom is -0.314 e. The van der Waals surface area contributed by atoms with Gasteiger partial charge >= 0.3 is 0 Å². The fourth-order valence-electron chi connectivity index (χ4n) is 1.54. The zero-order valence-electron chi connectivity index (χ0n) is 9.28. The molecule has 0 fully saturated rings. The highest BCUT2D eigenvalue weighted by molar-refractivity contribution is 9.09. The molecule has 2 unspecified atom stereocenters. The van der Waals surface area contributed by atoms with Gasteiger partial charge in [0.1, 0.15) is 0 Å². The summed E-state index contributed by atoms with van der Waals surface area (Å²) in [6.45, 7) is 8.02. The molecule has 2 heteroatoms. The molecule has 1 N–H and O–H groups in total. The fourth-order valence-corrected chi connectivity index (χ4v) is 2.10. The van der Waals surface area contributed by atoms with Crippen LogP contribution in [0.5, 0.6) is 0 Å². The van der Waals surface area contributed by atoms with E-state index in [1.165, 1.54) is 32.2 Å². The summed E-state index contributed by atoms with van der Waals surface area (Å²) in [6, 6.07) is 0.707. The largest absolute Gasteiger partial charge is 0.314 e. The molecule has 80 valence electrons. The van der Waals surface area contributed by atoms with Crippen LogP contribution in [0.2, 0.25) is 0 Å². The highest BCUT2D eigenvalue weighted by Gasteiger charge is 2.06. The fraction of sp³-hybridized carbons (Fsp3) is 1.00. The third kappa shape index (κ3) is 7.51. The molecule has 0 saturated carbocycles. The molecular formula is C11H24BrN. The predicted octanol–water partition coefficient (Wildman–Crippen LogP) is 3.58. The van der Waals surface area contributed by atoms with Crippen molar-refractivity contribution in [2.24, 2.45) is 5.92 Å². The van der Waals surface area contributed by atoms with Crippen molar-refractivity contribution in [1.29, 1.82) is 0 Å². The second-order valence-corrected chi connectivity index (χ2v) is 4.68. The first-order chi connectivity index (χ1) is 6.24. The number of halogens is 1. The van der Waals surface area contributed by atoms with Crippen molar-refractivity contribution >= 4 is 15.9 Å². The Balaban J connectivity index is 3.46. The van der Waals surface area contributed by atoms with Crippen LogP contribution in [0.4, 0.5) is 0 Å². The molecule has 0 aromatic rings. The van der Waals surface area contributed by atoms with E-state index >= 15 is 0 Å². The maximum absolute atomic E-state index is 3.62. The van der Waals surface area contributed by atoms with E-state index in [4.69, 9.17) is 0 Å². The third-order valence-corrected chi connectivity index (χ3v) is 2.94. The van der Waals surface area contributed by atoms with Crippen molar-refractivity contribution < 1.29 is 0 Å². The quantitative estimate of drug-likeness (QED) is 0.649. The molecule has 0 saturated heterocycles. The second kappa shape index (κ2) is 9.01. The maximum atomic E-state index is 3.62. The Morgan fingerprint density at radius 2 is 1.92 bits per heavy atom. The summed E-state index contributed by atoms with van der Waals surface area (Å²) in [5.41, 5.74) is 0. The number of hydrogen-bond donors (Lipinski definition) is 1. The van der Waals surface area contributed by atoms with Crippen molar-refractivity contribution in [3.05, 3.63) is 0 Å². The van der Waals surface area contributed by atoms with Gasteiger partial charge in [-0.2, -0.15) is 0 Å². The molecule has 1 nitrogen and oxygen atoms in total. The van der Waals surface area contributed by atoms with Crippen LogP contribution in [0, 0.1) is 5.92 Å². The lowest BCUT2D eigenvalue weighted by Crippen LogP contribution is -2.32. The molecule has 0 spiro atoms. The average molecular weight is 250 g/mol. The molecule has 13 heavy (non-hydrogen) atoms. The van der Waals surface area contributed by atoms with Crippen molar-refractivity contribution in [2.45, 2.75) is 52.5 Å². The Morgan fingerprint density at radius 1 is 1.23 bits per heavy atom. The molecule has 0 aliphatic heterocycles. The van der Waals surface area contributed by atoms with E-state index in [1.807, 2.05) is 0 Å². The van der Waals surface area contributed by atoms with Gasteiger partial charge in [0.15, 0.2) is 0 Å². The topological polar surface area (TPSA) is 12.0 Å².